The molecule has 5 heteroatoms. The Bertz CT molecular complexity index is 468. The molecule has 0 saturated heterocycles. The van der Waals surface area contributed by atoms with Crippen molar-refractivity contribution in [2.75, 3.05) is 0 Å². The lowest BCUT2D eigenvalue weighted by Gasteiger charge is -1.92. The van der Waals surface area contributed by atoms with Gasteiger partial charge in [-0.1, -0.05) is 11.6 Å². The minimum atomic E-state index is 0.214. The Morgan fingerprint density at radius 3 is 3.17 bits per heavy atom. The number of aromatic nitrogens is 3. The van der Waals surface area contributed by atoms with E-state index in [-0.39, 0.29) is 5.15 Å². The molecule has 2 aromatic heterocycles. The van der Waals surface area contributed by atoms with Gasteiger partial charge in [0.15, 0.2) is 0 Å². The van der Waals surface area contributed by atoms with Crippen LogP contribution in [-0.4, -0.2) is 15.2 Å². The van der Waals surface area contributed by atoms with E-state index in [4.69, 9.17) is 16.9 Å². The van der Waals surface area contributed by atoms with E-state index in [2.05, 4.69) is 15.2 Å². The molecule has 0 amide bonds. The largest absolute Gasteiger partial charge is 0.276 e. The molecule has 2 heterocycles. The van der Waals surface area contributed by atoms with Crippen LogP contribution in [0, 0.1) is 11.3 Å². The lowest BCUT2D eigenvalue weighted by molar-refractivity contribution is 1.12. The number of nitriles is 1. The molecule has 0 radical (unpaired) electrons. The molecule has 0 spiro atoms. The Labute approximate surface area is 72.8 Å². The maximum absolute atomic E-state index is 8.61. The quantitative estimate of drug-likeness (QED) is 0.622. The molecule has 0 fully saturated rings. The predicted molar refractivity (Wildman–Crippen MR) is 43.6 cm³/mol. The van der Waals surface area contributed by atoms with Crippen molar-refractivity contribution in [3.8, 4) is 6.07 Å². The molecule has 0 aliphatic carbocycles. The fourth-order valence-electron chi connectivity index (χ4n) is 0.933. The summed E-state index contributed by atoms with van der Waals surface area (Å²) in [7, 11) is 0. The van der Waals surface area contributed by atoms with Crippen LogP contribution in [-0.2, 0) is 0 Å². The molecule has 0 aromatic carbocycles. The van der Waals surface area contributed by atoms with Gasteiger partial charge in [0.2, 0.25) is 0 Å². The monoisotopic (exact) mass is 178 g/mol. The van der Waals surface area contributed by atoms with E-state index in [1.54, 1.807) is 12.3 Å². The highest BCUT2D eigenvalue weighted by molar-refractivity contribution is 6.30. The van der Waals surface area contributed by atoms with Crippen LogP contribution < -0.4 is 0 Å². The summed E-state index contributed by atoms with van der Waals surface area (Å²) in [5, 5.41) is 15.3. The van der Waals surface area contributed by atoms with Crippen molar-refractivity contribution in [1.82, 2.24) is 15.2 Å². The summed E-state index contributed by atoms with van der Waals surface area (Å²) in [4.78, 5) is 3.96. The first-order valence-electron chi connectivity index (χ1n) is 3.21. The van der Waals surface area contributed by atoms with Crippen LogP contribution in [0.15, 0.2) is 12.3 Å². The van der Waals surface area contributed by atoms with Gasteiger partial charge in [-0.2, -0.15) is 10.4 Å². The maximum Gasteiger partial charge on any atom is 0.147 e. The number of rotatable bonds is 0. The summed E-state index contributed by atoms with van der Waals surface area (Å²) in [5.74, 6) is 0. The minimum absolute atomic E-state index is 0.214. The number of hydrogen-bond donors (Lipinski definition) is 1. The highest BCUT2D eigenvalue weighted by Crippen LogP contribution is 2.17. The van der Waals surface area contributed by atoms with Crippen LogP contribution in [0.25, 0.3) is 11.0 Å². The molecule has 1 N–H and O–H groups in total. The van der Waals surface area contributed by atoms with Crippen LogP contribution in [0.2, 0.25) is 5.15 Å². The number of hydrogen-bond acceptors (Lipinski definition) is 3. The van der Waals surface area contributed by atoms with Crippen molar-refractivity contribution >= 4 is 22.6 Å². The molecular weight excluding hydrogens is 176 g/mol. The van der Waals surface area contributed by atoms with Crippen LogP contribution in [0.5, 0.6) is 0 Å². The molecule has 0 unspecified atom stereocenters. The van der Waals surface area contributed by atoms with Gasteiger partial charge in [0.05, 0.1) is 17.3 Å². The van der Waals surface area contributed by atoms with Crippen molar-refractivity contribution in [2.24, 2.45) is 0 Å². The van der Waals surface area contributed by atoms with Crippen LogP contribution in [0.3, 0.4) is 0 Å². The SMILES string of the molecule is N#Cc1cc2[nH]ncc2nc1Cl. The van der Waals surface area contributed by atoms with Gasteiger partial charge in [-0.05, 0) is 6.07 Å². The first-order chi connectivity index (χ1) is 5.81. The third-order valence-electron chi connectivity index (χ3n) is 1.50. The van der Waals surface area contributed by atoms with E-state index in [1.165, 1.54) is 0 Å². The molecule has 0 bridgehead atoms. The molecule has 0 saturated carbocycles. The van der Waals surface area contributed by atoms with Gasteiger partial charge in [-0.15, -0.1) is 0 Å². The van der Waals surface area contributed by atoms with Gasteiger partial charge in [0, 0.05) is 0 Å². The first-order valence-corrected chi connectivity index (χ1v) is 3.59. The van der Waals surface area contributed by atoms with E-state index < -0.39 is 0 Å². The Kier molecular flexibility index (Phi) is 1.45. The highest BCUT2D eigenvalue weighted by Gasteiger charge is 2.04. The second-order valence-electron chi connectivity index (χ2n) is 2.24. The van der Waals surface area contributed by atoms with Gasteiger partial charge in [0.25, 0.3) is 0 Å². The molecule has 4 nitrogen and oxygen atoms in total. The molecule has 0 atom stereocenters. The summed E-state index contributed by atoms with van der Waals surface area (Å²) in [6.45, 7) is 0. The zero-order chi connectivity index (χ0) is 8.55. The van der Waals surface area contributed by atoms with Gasteiger partial charge in [0.1, 0.15) is 16.7 Å². The van der Waals surface area contributed by atoms with Gasteiger partial charge in [-0.3, -0.25) is 5.10 Å². The Morgan fingerprint density at radius 1 is 1.58 bits per heavy atom. The molecule has 58 valence electrons. The van der Waals surface area contributed by atoms with Crippen molar-refractivity contribution in [2.45, 2.75) is 0 Å². The van der Waals surface area contributed by atoms with Crippen molar-refractivity contribution in [1.29, 1.82) is 5.26 Å². The summed E-state index contributed by atoms with van der Waals surface area (Å²) < 4.78 is 0. The van der Waals surface area contributed by atoms with Gasteiger partial charge >= 0.3 is 0 Å². The third kappa shape index (κ3) is 0.917. The number of fused-ring (bicyclic) bond motifs is 1. The van der Waals surface area contributed by atoms with E-state index >= 15 is 0 Å². The van der Waals surface area contributed by atoms with E-state index in [9.17, 15) is 0 Å². The summed E-state index contributed by atoms with van der Waals surface area (Å²) in [6, 6.07) is 3.56. The molecular formula is C7H3ClN4. The standard InChI is InChI=1S/C7H3ClN4/c8-7-4(2-9)1-5-6(11-7)3-10-12-5/h1,3H,(H,10,12). The Balaban J connectivity index is 2.84. The predicted octanol–water partition coefficient (Wildman–Crippen LogP) is 1.48. The Hall–Kier alpha value is -1.60. The van der Waals surface area contributed by atoms with E-state index in [0.717, 1.165) is 5.52 Å². The van der Waals surface area contributed by atoms with Crippen LogP contribution >= 0.6 is 11.6 Å². The summed E-state index contributed by atoms with van der Waals surface area (Å²) >= 11 is 5.68. The maximum atomic E-state index is 8.61. The fraction of sp³-hybridized carbons (Fsp3) is 0. The summed E-state index contributed by atoms with van der Waals surface area (Å²) in [6.07, 6.45) is 1.56. The Morgan fingerprint density at radius 2 is 2.42 bits per heavy atom. The van der Waals surface area contributed by atoms with E-state index in [1.807, 2.05) is 6.07 Å². The number of aromatic amines is 1. The second kappa shape index (κ2) is 2.47. The minimum Gasteiger partial charge on any atom is -0.276 e. The highest BCUT2D eigenvalue weighted by atomic mass is 35.5. The van der Waals surface area contributed by atoms with Crippen LogP contribution in [0.1, 0.15) is 5.56 Å². The average Bonchev–Trinajstić information content (AvgIpc) is 2.49. The van der Waals surface area contributed by atoms with Gasteiger partial charge < -0.3 is 0 Å². The summed E-state index contributed by atoms with van der Waals surface area (Å²) in [5.41, 5.74) is 1.74. The smallest absolute Gasteiger partial charge is 0.147 e. The van der Waals surface area contributed by atoms with Gasteiger partial charge in [-0.25, -0.2) is 4.98 Å². The molecule has 0 aliphatic rings. The zero-order valence-corrected chi connectivity index (χ0v) is 6.63. The van der Waals surface area contributed by atoms with Crippen molar-refractivity contribution < 1.29 is 0 Å². The first kappa shape index (κ1) is 7.07. The van der Waals surface area contributed by atoms with Crippen molar-refractivity contribution in [3.63, 3.8) is 0 Å². The number of halogens is 1. The lowest BCUT2D eigenvalue weighted by atomic mass is 10.3. The van der Waals surface area contributed by atoms with E-state index in [0.29, 0.717) is 11.1 Å². The fourth-order valence-corrected chi connectivity index (χ4v) is 1.12. The number of nitrogens with one attached hydrogen (secondary N) is 1. The molecule has 2 aromatic rings. The average molecular weight is 179 g/mol. The number of pyridine rings is 1. The topological polar surface area (TPSA) is 65.4 Å². The molecule has 2 rings (SSSR count). The molecule has 0 aliphatic heterocycles. The normalized spacial score (nSPS) is 10.0. The lowest BCUT2D eigenvalue weighted by Crippen LogP contribution is -1.82. The number of H-pyrrole nitrogens is 1. The van der Waals surface area contributed by atoms with Crippen molar-refractivity contribution in [3.05, 3.63) is 23.0 Å². The van der Waals surface area contributed by atoms with Crippen LogP contribution in [0.4, 0.5) is 0 Å². The number of nitrogens with zero attached hydrogens (tertiary/aromatic N) is 3. The zero-order valence-electron chi connectivity index (χ0n) is 5.87. The third-order valence-corrected chi connectivity index (χ3v) is 1.79. The second-order valence-corrected chi connectivity index (χ2v) is 2.60. The molecule has 12 heavy (non-hydrogen) atoms.